The summed E-state index contributed by atoms with van der Waals surface area (Å²) >= 11 is 0. The van der Waals surface area contributed by atoms with Crippen molar-refractivity contribution in [3.63, 3.8) is 0 Å². The Bertz CT molecular complexity index is 1360. The number of aromatic nitrogens is 3. The molecule has 1 aromatic carbocycles. The van der Waals surface area contributed by atoms with E-state index in [4.69, 9.17) is 24.7 Å². The lowest BCUT2D eigenvalue weighted by Gasteiger charge is -2.25. The van der Waals surface area contributed by atoms with Crippen LogP contribution in [0.1, 0.15) is 61.0 Å². The topological polar surface area (TPSA) is 131 Å². The molecule has 0 radical (unpaired) electrons. The Balaban J connectivity index is 1.99. The third-order valence-corrected chi connectivity index (χ3v) is 5.94. The molecule has 2 aromatic heterocycles. The average molecular weight is 540 g/mol. The molecule has 11 nitrogen and oxygen atoms in total. The van der Waals surface area contributed by atoms with Gasteiger partial charge in [-0.05, 0) is 46.8 Å². The van der Waals surface area contributed by atoms with E-state index in [2.05, 4.69) is 10.1 Å². The first-order valence-corrected chi connectivity index (χ1v) is 12.4. The second-order valence-electron chi connectivity index (χ2n) is 10.2. The van der Waals surface area contributed by atoms with Gasteiger partial charge in [0.1, 0.15) is 11.7 Å². The van der Waals surface area contributed by atoms with E-state index in [1.165, 1.54) is 19.1 Å². The van der Waals surface area contributed by atoms with Crippen LogP contribution in [0.15, 0.2) is 30.5 Å². The first-order chi connectivity index (χ1) is 18.2. The molecule has 0 bridgehead atoms. The standard InChI is InChI=1S/C28H37N5O6/c1-16-10-11-19(26(34)37-9)20(12-16)17(2)38-22-13-18(14-30-24(22)29)23-21(33(7)31-25(23)36-8)15-32(6)27(35)39-28(3,4)5/h10-14,17H,15H2,1-9H3,(H2,29,30). The SMILES string of the molecule is COC(=O)c1ccc(C)cc1C(C)Oc1cc(-c2c(OC)nn(C)c2CN(C)C(=O)OC(C)(C)C)cnc1N. The Labute approximate surface area is 228 Å². The van der Waals surface area contributed by atoms with Crippen LogP contribution in [0.2, 0.25) is 0 Å². The number of anilines is 1. The maximum atomic E-state index is 12.6. The minimum absolute atomic E-state index is 0.174. The number of hydrogen-bond donors (Lipinski definition) is 1. The summed E-state index contributed by atoms with van der Waals surface area (Å²) in [4.78, 5) is 30.8. The van der Waals surface area contributed by atoms with Crippen LogP contribution in [0.3, 0.4) is 0 Å². The number of methoxy groups -OCH3 is 2. The summed E-state index contributed by atoms with van der Waals surface area (Å²) in [5.74, 6) is 0.379. The predicted octanol–water partition coefficient (Wildman–Crippen LogP) is 4.67. The maximum Gasteiger partial charge on any atom is 0.410 e. The van der Waals surface area contributed by atoms with Gasteiger partial charge in [0.25, 0.3) is 0 Å². The molecule has 0 spiro atoms. The first kappa shape index (κ1) is 29.3. The minimum Gasteiger partial charge on any atom is -0.482 e. The number of nitrogen functional groups attached to an aromatic ring is 1. The van der Waals surface area contributed by atoms with Crippen molar-refractivity contribution in [3.05, 3.63) is 52.8 Å². The molecular weight excluding hydrogens is 502 g/mol. The molecule has 1 atom stereocenters. The Morgan fingerprint density at radius 3 is 2.49 bits per heavy atom. The highest BCUT2D eigenvalue weighted by Gasteiger charge is 2.26. The van der Waals surface area contributed by atoms with Crippen LogP contribution in [-0.2, 0) is 23.1 Å². The molecule has 0 aliphatic heterocycles. The minimum atomic E-state index is -0.632. The van der Waals surface area contributed by atoms with E-state index in [-0.39, 0.29) is 12.4 Å². The van der Waals surface area contributed by atoms with Crippen molar-refractivity contribution in [1.82, 2.24) is 19.7 Å². The highest BCUT2D eigenvalue weighted by atomic mass is 16.6. The average Bonchev–Trinajstić information content (AvgIpc) is 3.18. The highest BCUT2D eigenvalue weighted by Crippen LogP contribution is 2.37. The number of rotatable bonds is 8. The zero-order valence-electron chi connectivity index (χ0n) is 24.0. The summed E-state index contributed by atoms with van der Waals surface area (Å²) in [6.45, 7) is 9.37. The summed E-state index contributed by atoms with van der Waals surface area (Å²) in [5, 5.41) is 4.47. The summed E-state index contributed by atoms with van der Waals surface area (Å²) in [7, 11) is 6.27. The summed E-state index contributed by atoms with van der Waals surface area (Å²) < 4.78 is 23.9. The van der Waals surface area contributed by atoms with Gasteiger partial charge in [0.05, 0.1) is 37.6 Å². The van der Waals surface area contributed by atoms with E-state index < -0.39 is 23.8 Å². The number of hydrogen-bond acceptors (Lipinski definition) is 9. The molecule has 3 rings (SSSR count). The molecular formula is C28H37N5O6. The number of nitrogens with two attached hydrogens (primary N) is 1. The molecule has 2 N–H and O–H groups in total. The summed E-state index contributed by atoms with van der Waals surface area (Å²) in [6.07, 6.45) is 0.573. The van der Waals surface area contributed by atoms with Gasteiger partial charge < -0.3 is 29.6 Å². The Hall–Kier alpha value is -4.28. The monoisotopic (exact) mass is 539 g/mol. The van der Waals surface area contributed by atoms with Crippen LogP contribution in [0, 0.1) is 6.92 Å². The highest BCUT2D eigenvalue weighted by molar-refractivity contribution is 5.91. The predicted molar refractivity (Wildman–Crippen MR) is 147 cm³/mol. The molecule has 0 aliphatic rings. The molecule has 2 heterocycles. The quantitative estimate of drug-likeness (QED) is 0.406. The van der Waals surface area contributed by atoms with Crippen molar-refractivity contribution in [3.8, 4) is 22.8 Å². The summed E-state index contributed by atoms with van der Waals surface area (Å²) in [5.41, 5.74) is 9.53. The molecule has 3 aromatic rings. The van der Waals surface area contributed by atoms with Crippen molar-refractivity contribution < 1.29 is 28.5 Å². The molecule has 0 saturated heterocycles. The van der Waals surface area contributed by atoms with Crippen LogP contribution < -0.4 is 15.2 Å². The molecule has 39 heavy (non-hydrogen) atoms. The largest absolute Gasteiger partial charge is 0.482 e. The number of carbonyl (C=O) groups is 2. The smallest absolute Gasteiger partial charge is 0.410 e. The maximum absolute atomic E-state index is 12.6. The third-order valence-electron chi connectivity index (χ3n) is 5.94. The Kier molecular flexibility index (Phi) is 8.73. The number of pyridine rings is 1. The van der Waals surface area contributed by atoms with Gasteiger partial charge in [-0.3, -0.25) is 4.68 Å². The van der Waals surface area contributed by atoms with Crippen LogP contribution in [0.25, 0.3) is 11.1 Å². The fraction of sp³-hybridized carbons (Fsp3) is 0.429. The molecule has 0 aliphatic carbocycles. The van der Waals surface area contributed by atoms with E-state index in [9.17, 15) is 9.59 Å². The summed E-state index contributed by atoms with van der Waals surface area (Å²) in [6, 6.07) is 7.16. The van der Waals surface area contributed by atoms with Crippen molar-refractivity contribution >= 4 is 17.9 Å². The van der Waals surface area contributed by atoms with Gasteiger partial charge >= 0.3 is 12.1 Å². The van der Waals surface area contributed by atoms with Crippen molar-refractivity contribution in [2.45, 2.75) is 52.9 Å². The number of aryl methyl sites for hydroxylation is 2. The normalized spacial score (nSPS) is 12.0. The van der Waals surface area contributed by atoms with Gasteiger partial charge in [-0.2, -0.15) is 0 Å². The van der Waals surface area contributed by atoms with Crippen molar-refractivity contribution in [2.24, 2.45) is 7.05 Å². The van der Waals surface area contributed by atoms with E-state index in [0.717, 1.165) is 5.56 Å². The molecule has 11 heteroatoms. The Morgan fingerprint density at radius 2 is 1.87 bits per heavy atom. The second kappa shape index (κ2) is 11.6. The van der Waals surface area contributed by atoms with E-state index in [0.29, 0.717) is 39.6 Å². The lowest BCUT2D eigenvalue weighted by molar-refractivity contribution is 0.0281. The first-order valence-electron chi connectivity index (χ1n) is 12.4. The Morgan fingerprint density at radius 1 is 1.18 bits per heavy atom. The molecule has 1 unspecified atom stereocenters. The van der Waals surface area contributed by atoms with Gasteiger partial charge in [0.2, 0.25) is 5.88 Å². The molecule has 1 amide bonds. The van der Waals surface area contributed by atoms with Crippen LogP contribution in [0.4, 0.5) is 10.6 Å². The fourth-order valence-electron chi connectivity index (χ4n) is 4.03. The van der Waals surface area contributed by atoms with Gasteiger partial charge in [-0.1, -0.05) is 17.7 Å². The van der Waals surface area contributed by atoms with E-state index >= 15 is 0 Å². The molecule has 0 saturated carbocycles. The van der Waals surface area contributed by atoms with Gasteiger partial charge in [-0.15, -0.1) is 5.10 Å². The van der Waals surface area contributed by atoms with E-state index in [1.807, 2.05) is 46.8 Å². The van der Waals surface area contributed by atoms with Crippen LogP contribution in [-0.4, -0.2) is 58.6 Å². The number of carbonyl (C=O) groups excluding carboxylic acids is 2. The lowest BCUT2D eigenvalue weighted by atomic mass is 10.0. The number of amides is 1. The number of benzene rings is 1. The van der Waals surface area contributed by atoms with Gasteiger partial charge in [-0.25, -0.2) is 14.6 Å². The lowest BCUT2D eigenvalue weighted by Crippen LogP contribution is -2.34. The third kappa shape index (κ3) is 6.78. The van der Waals surface area contributed by atoms with Crippen LogP contribution in [0.5, 0.6) is 11.6 Å². The molecule has 210 valence electrons. The van der Waals surface area contributed by atoms with E-state index in [1.54, 1.807) is 37.1 Å². The number of esters is 1. The van der Waals surface area contributed by atoms with Crippen molar-refractivity contribution in [1.29, 1.82) is 0 Å². The second-order valence-corrected chi connectivity index (χ2v) is 10.2. The van der Waals surface area contributed by atoms with Crippen LogP contribution >= 0.6 is 0 Å². The molecule has 0 fully saturated rings. The number of nitrogens with zero attached hydrogens (tertiary/aromatic N) is 4. The zero-order valence-corrected chi connectivity index (χ0v) is 24.0. The number of ether oxygens (including phenoxy) is 4. The fourth-order valence-corrected chi connectivity index (χ4v) is 4.03. The van der Waals surface area contributed by atoms with Gasteiger partial charge in [0.15, 0.2) is 11.6 Å². The van der Waals surface area contributed by atoms with Crippen molar-refractivity contribution in [2.75, 3.05) is 27.0 Å². The van der Waals surface area contributed by atoms with Gasteiger partial charge in [0, 0.05) is 31.4 Å². The zero-order chi connectivity index (χ0) is 29.1.